The number of aryl methyl sites for hydroxylation is 1. The Kier molecular flexibility index (Phi) is 12.9. The number of phenols is 1. The smallest absolute Gasteiger partial charge is 0.217 e. The molecule has 0 aliphatic heterocycles. The maximum absolute atomic E-state index is 12.2. The molecule has 5 heteroatoms. The fourth-order valence-electron chi connectivity index (χ4n) is 3.86. The van der Waals surface area contributed by atoms with Crippen molar-refractivity contribution in [2.24, 2.45) is 0 Å². The van der Waals surface area contributed by atoms with Crippen molar-refractivity contribution in [3.05, 3.63) is 65.7 Å². The third-order valence-electron chi connectivity index (χ3n) is 5.96. The van der Waals surface area contributed by atoms with E-state index in [1.165, 1.54) is 88.0 Å². The van der Waals surface area contributed by atoms with Crippen LogP contribution in [0, 0.1) is 0 Å². The Hall–Kier alpha value is -2.79. The van der Waals surface area contributed by atoms with Crippen LogP contribution >= 0.6 is 0 Å². The van der Waals surface area contributed by atoms with Crippen LogP contribution in [0.15, 0.2) is 54.6 Å². The van der Waals surface area contributed by atoms with Crippen LogP contribution in [0.4, 0.5) is 5.69 Å². The average Bonchev–Trinajstić information content (AvgIpc) is 2.83. The molecule has 2 rings (SSSR count). The van der Waals surface area contributed by atoms with Crippen molar-refractivity contribution in [3.8, 4) is 11.5 Å². The largest absolute Gasteiger partial charge is 0.506 e. The minimum Gasteiger partial charge on any atom is -0.506 e. The molecular formula is C29H41NO4. The summed E-state index contributed by atoms with van der Waals surface area (Å²) in [7, 11) is 0. The van der Waals surface area contributed by atoms with E-state index in [0.29, 0.717) is 11.3 Å². The summed E-state index contributed by atoms with van der Waals surface area (Å²) in [5.74, 6) is 0.281. The molecule has 0 saturated heterocycles. The maximum atomic E-state index is 12.2. The molecule has 186 valence electrons. The number of Topliss-reactive ketones (excluding diaryl/α,β-unsaturated/α-hetero) is 1. The zero-order valence-electron chi connectivity index (χ0n) is 20.5. The molecule has 5 nitrogen and oxygen atoms in total. The number of carbonyl (C=O) groups is 1. The van der Waals surface area contributed by atoms with Crippen molar-refractivity contribution in [3.63, 3.8) is 0 Å². The first-order chi connectivity index (χ1) is 16.5. The summed E-state index contributed by atoms with van der Waals surface area (Å²) < 4.78 is 5.50. The summed E-state index contributed by atoms with van der Waals surface area (Å²) in [4.78, 5) is 12.2. The van der Waals surface area contributed by atoms with E-state index in [1.807, 2.05) is 24.3 Å². The number of nitrogen functional groups attached to an aromatic ring is 1. The quantitative estimate of drug-likeness (QED) is 0.0584. The lowest BCUT2D eigenvalue weighted by molar-refractivity contribution is 0.0246. The number of benzene rings is 2. The van der Waals surface area contributed by atoms with Crippen molar-refractivity contribution in [2.45, 2.75) is 90.3 Å². The number of phenolic OH excluding ortho intramolecular Hbond substituents is 1. The lowest BCUT2D eigenvalue weighted by Crippen LogP contribution is -2.12. The Balaban J connectivity index is 1.61. The van der Waals surface area contributed by atoms with Gasteiger partial charge in [-0.3, -0.25) is 4.79 Å². The number of ketones is 1. The van der Waals surface area contributed by atoms with Crippen LogP contribution in [0.2, 0.25) is 0 Å². The molecule has 0 radical (unpaired) electrons. The number of hydrogen-bond donors (Lipinski definition) is 3. The number of hydrogen-bond acceptors (Lipinski definition) is 5. The zero-order chi connectivity index (χ0) is 24.6. The molecule has 0 fully saturated rings. The van der Waals surface area contributed by atoms with Gasteiger partial charge in [0.1, 0.15) is 11.5 Å². The third-order valence-corrected chi connectivity index (χ3v) is 5.96. The number of allylic oxidation sites excluding steroid dienone is 1. The maximum Gasteiger partial charge on any atom is 0.217 e. The number of rotatable bonds is 17. The Bertz CT molecular complexity index is 876. The monoisotopic (exact) mass is 467 g/mol. The molecular weight excluding hydrogens is 426 g/mol. The van der Waals surface area contributed by atoms with Gasteiger partial charge in [0.2, 0.25) is 6.29 Å². The molecule has 1 unspecified atom stereocenters. The predicted molar refractivity (Wildman–Crippen MR) is 139 cm³/mol. The molecule has 2 aromatic rings. The van der Waals surface area contributed by atoms with Crippen molar-refractivity contribution in [2.75, 3.05) is 5.73 Å². The topological polar surface area (TPSA) is 92.8 Å². The Morgan fingerprint density at radius 2 is 1.56 bits per heavy atom. The molecule has 0 amide bonds. The van der Waals surface area contributed by atoms with Crippen LogP contribution in [-0.4, -0.2) is 22.3 Å². The van der Waals surface area contributed by atoms with Gasteiger partial charge in [-0.1, -0.05) is 82.9 Å². The standard InChI is InChI=1S/C29H41NO4/c1-2-3-4-5-6-7-8-9-10-11-13-23-16-19-25(20-17-23)34-29(33)15-12-14-27(31)24-18-21-26(30)28(32)22-24/h12,15-22,29,32-33H,2-11,13-14,30H2,1H3. The summed E-state index contributed by atoms with van der Waals surface area (Å²) in [6, 6.07) is 12.2. The summed E-state index contributed by atoms with van der Waals surface area (Å²) in [6.07, 6.45) is 16.3. The van der Waals surface area contributed by atoms with E-state index < -0.39 is 6.29 Å². The van der Waals surface area contributed by atoms with E-state index in [4.69, 9.17) is 10.5 Å². The SMILES string of the molecule is CCCCCCCCCCCCc1ccc(OC(O)C=CCC(=O)c2ccc(N)c(O)c2)cc1. The minimum absolute atomic E-state index is 0.0849. The number of aliphatic hydroxyl groups is 1. The van der Waals surface area contributed by atoms with Crippen molar-refractivity contribution < 1.29 is 19.7 Å². The van der Waals surface area contributed by atoms with Crippen molar-refractivity contribution in [1.82, 2.24) is 0 Å². The molecule has 0 spiro atoms. The van der Waals surface area contributed by atoms with Gasteiger partial charge in [-0.15, -0.1) is 0 Å². The third kappa shape index (κ3) is 10.9. The van der Waals surface area contributed by atoms with Gasteiger partial charge in [0.05, 0.1) is 5.69 Å². The van der Waals surface area contributed by atoms with Gasteiger partial charge in [0.15, 0.2) is 5.78 Å². The van der Waals surface area contributed by atoms with E-state index in [1.54, 1.807) is 12.1 Å². The fourth-order valence-corrected chi connectivity index (χ4v) is 3.86. The fraction of sp³-hybridized carbons (Fsp3) is 0.483. The molecule has 2 aromatic carbocycles. The number of ether oxygens (including phenoxy) is 1. The number of aromatic hydroxyl groups is 1. The average molecular weight is 468 g/mol. The van der Waals surface area contributed by atoms with E-state index in [-0.39, 0.29) is 23.6 Å². The molecule has 4 N–H and O–H groups in total. The van der Waals surface area contributed by atoms with Crippen LogP contribution in [0.5, 0.6) is 11.5 Å². The molecule has 1 atom stereocenters. The highest BCUT2D eigenvalue weighted by molar-refractivity contribution is 5.97. The number of carbonyl (C=O) groups excluding carboxylic acids is 1. The van der Waals surface area contributed by atoms with Crippen LogP contribution in [0.1, 0.15) is 93.5 Å². The van der Waals surface area contributed by atoms with Crippen molar-refractivity contribution >= 4 is 11.5 Å². The molecule has 0 heterocycles. The first-order valence-corrected chi connectivity index (χ1v) is 12.7. The normalized spacial score (nSPS) is 12.2. The first kappa shape index (κ1) is 27.5. The second-order valence-corrected chi connectivity index (χ2v) is 8.91. The second kappa shape index (κ2) is 15.9. The molecule has 0 aromatic heterocycles. The minimum atomic E-state index is -1.14. The number of unbranched alkanes of at least 4 members (excludes halogenated alkanes) is 9. The number of anilines is 1. The Labute approximate surface area is 204 Å². The van der Waals surface area contributed by atoms with Crippen molar-refractivity contribution in [1.29, 1.82) is 0 Å². The van der Waals surface area contributed by atoms with Gasteiger partial charge < -0.3 is 20.7 Å². The van der Waals surface area contributed by atoms with Gasteiger partial charge in [-0.05, 0) is 54.8 Å². The van der Waals surface area contributed by atoms with E-state index in [0.717, 1.165) is 6.42 Å². The highest BCUT2D eigenvalue weighted by Crippen LogP contribution is 2.21. The van der Waals surface area contributed by atoms with Crippen LogP contribution < -0.4 is 10.5 Å². The van der Waals surface area contributed by atoms with Gasteiger partial charge in [0, 0.05) is 12.0 Å². The highest BCUT2D eigenvalue weighted by atomic mass is 16.6. The predicted octanol–water partition coefficient (Wildman–Crippen LogP) is 6.96. The number of aliphatic hydroxyl groups excluding tert-OH is 1. The molecule has 0 bridgehead atoms. The zero-order valence-corrected chi connectivity index (χ0v) is 20.5. The molecule has 0 aliphatic rings. The Morgan fingerprint density at radius 3 is 2.18 bits per heavy atom. The summed E-state index contributed by atoms with van der Waals surface area (Å²) in [6.45, 7) is 2.26. The van der Waals surface area contributed by atoms with E-state index in [2.05, 4.69) is 6.92 Å². The summed E-state index contributed by atoms with van der Waals surface area (Å²) >= 11 is 0. The van der Waals surface area contributed by atoms with Gasteiger partial charge in [-0.2, -0.15) is 0 Å². The van der Waals surface area contributed by atoms with Gasteiger partial charge >= 0.3 is 0 Å². The van der Waals surface area contributed by atoms with E-state index in [9.17, 15) is 15.0 Å². The first-order valence-electron chi connectivity index (χ1n) is 12.7. The molecule has 0 saturated carbocycles. The van der Waals surface area contributed by atoms with Gasteiger partial charge in [-0.25, -0.2) is 0 Å². The van der Waals surface area contributed by atoms with E-state index >= 15 is 0 Å². The van der Waals surface area contributed by atoms with Crippen LogP contribution in [-0.2, 0) is 6.42 Å². The Morgan fingerprint density at radius 1 is 0.941 bits per heavy atom. The lowest BCUT2D eigenvalue weighted by Gasteiger charge is -2.10. The lowest BCUT2D eigenvalue weighted by atomic mass is 10.0. The van der Waals surface area contributed by atoms with Crippen LogP contribution in [0.25, 0.3) is 0 Å². The molecule has 0 aliphatic carbocycles. The highest BCUT2D eigenvalue weighted by Gasteiger charge is 2.08. The van der Waals surface area contributed by atoms with Gasteiger partial charge in [0.25, 0.3) is 0 Å². The second-order valence-electron chi connectivity index (χ2n) is 8.91. The number of nitrogens with two attached hydrogens (primary N) is 1. The summed E-state index contributed by atoms with van der Waals surface area (Å²) in [5, 5.41) is 19.7. The summed E-state index contributed by atoms with van der Waals surface area (Å²) in [5.41, 5.74) is 7.41. The van der Waals surface area contributed by atoms with Crippen LogP contribution in [0.3, 0.4) is 0 Å². The molecule has 34 heavy (non-hydrogen) atoms.